The number of urea groups is 1. The number of hydrazine groups is 1. The number of phosphoric acid groups is 1. The Bertz CT molecular complexity index is 2650. The second-order valence-corrected chi connectivity index (χ2v) is 23.3. The fraction of sp³-hybridized carbons (Fsp3) is 0.644. The first kappa shape index (κ1) is 68.4. The Hall–Kier alpha value is -6.06. The summed E-state index contributed by atoms with van der Waals surface area (Å²) in [4.78, 5) is 85.0. The third kappa shape index (κ3) is 28.8. The zero-order valence-electron chi connectivity index (χ0n) is 49.0. The molecule has 0 aliphatic heterocycles. The highest BCUT2D eigenvalue weighted by atomic mass is 31.2. The Balaban J connectivity index is 1.21. The molecule has 456 valence electrons. The SMILES string of the molecule is CCCCCCCCCCCCCCCC(=O)OCC(COP(=O)(O)OCC[N+](C)(C)Cc1cn(-c2cc3ccc(C(=O)NNC(=O)Nc4ccc([N+](=O)[O-])cc4)cc3oc2=O)nn1)OC(=O)CCCCCCCCCCCCCCC. The Labute approximate surface area is 483 Å². The van der Waals surface area contributed by atoms with Gasteiger partial charge in [-0.2, -0.15) is 0 Å². The molecule has 0 aliphatic carbocycles. The van der Waals surface area contributed by atoms with E-state index in [0.717, 1.165) is 38.5 Å². The summed E-state index contributed by atoms with van der Waals surface area (Å²) in [6.07, 6.45) is 31.3. The van der Waals surface area contributed by atoms with Gasteiger partial charge in [0.1, 0.15) is 37.6 Å². The predicted octanol–water partition coefficient (Wildman–Crippen LogP) is 12.9. The minimum Gasteiger partial charge on any atom is -0.462 e. The summed E-state index contributed by atoms with van der Waals surface area (Å²) in [5.74, 6) is -1.66. The van der Waals surface area contributed by atoms with Gasteiger partial charge >= 0.3 is 31.4 Å². The van der Waals surface area contributed by atoms with Gasteiger partial charge in [0.15, 0.2) is 11.8 Å². The third-order valence-electron chi connectivity index (χ3n) is 14.1. The van der Waals surface area contributed by atoms with E-state index in [0.29, 0.717) is 23.9 Å². The van der Waals surface area contributed by atoms with Crippen molar-refractivity contribution in [3.8, 4) is 5.69 Å². The number of likely N-dealkylation sites (N-methyl/N-ethyl adjacent to an activating group) is 1. The van der Waals surface area contributed by atoms with E-state index in [9.17, 15) is 43.5 Å². The molecule has 2 aromatic carbocycles. The summed E-state index contributed by atoms with van der Waals surface area (Å²) >= 11 is 0. The van der Waals surface area contributed by atoms with Crippen molar-refractivity contribution < 1.29 is 61.0 Å². The topological polar surface area (TPSA) is 283 Å². The molecule has 4 rings (SSSR count). The Morgan fingerprint density at radius 1 is 0.720 bits per heavy atom. The molecule has 23 heteroatoms. The molecule has 4 N–H and O–H groups in total. The molecule has 0 saturated heterocycles. The van der Waals surface area contributed by atoms with E-state index in [-0.39, 0.29) is 71.8 Å². The maximum absolute atomic E-state index is 13.2. The maximum atomic E-state index is 13.2. The molecule has 4 aromatic rings. The van der Waals surface area contributed by atoms with E-state index in [2.05, 4.69) is 40.3 Å². The van der Waals surface area contributed by atoms with Gasteiger partial charge in [0.25, 0.3) is 11.6 Å². The van der Waals surface area contributed by atoms with E-state index >= 15 is 0 Å². The number of carbonyl (C=O) groups is 4. The predicted molar refractivity (Wildman–Crippen MR) is 314 cm³/mol. The van der Waals surface area contributed by atoms with Crippen molar-refractivity contribution in [1.29, 1.82) is 0 Å². The van der Waals surface area contributed by atoms with Gasteiger partial charge in [-0.3, -0.25) is 39.0 Å². The number of nitrogens with zero attached hydrogens (tertiary/aromatic N) is 5. The standard InChI is InChI=1S/C59H91N8O14P/c1-5-7-9-11-13-15-17-19-21-23-25-27-29-31-55(68)77-45-52(80-56(69)32-30-28-26-24-22-20-18-16-14-12-10-8-6-2)46-79-82(75,76)78-40-39-67(3,4)44-50-43-65(64-61-50)53-41-47-33-34-48(42-54(47)81-58(53)71)57(70)62-63-59(72)60-49-35-37-51(38-36-49)66(73)74/h33-38,41-43,52H,5-32,39-40,44-46H2,1-4H3,(H3-,60,61,62,63,64,70,71,72,75,76)/p+1. The summed E-state index contributed by atoms with van der Waals surface area (Å²) < 4.78 is 42.0. The Morgan fingerprint density at radius 2 is 1.26 bits per heavy atom. The fourth-order valence-electron chi connectivity index (χ4n) is 9.23. The molecular formula is C59H92N8O14P+. The van der Waals surface area contributed by atoms with Crippen LogP contribution in [-0.4, -0.2) is 99.7 Å². The van der Waals surface area contributed by atoms with Gasteiger partial charge in [0, 0.05) is 41.6 Å². The number of ether oxygens (including phenoxy) is 2. The number of aromatic nitrogens is 3. The van der Waals surface area contributed by atoms with Crippen molar-refractivity contribution in [2.45, 2.75) is 206 Å². The van der Waals surface area contributed by atoms with Crippen molar-refractivity contribution in [3.63, 3.8) is 0 Å². The summed E-state index contributed by atoms with van der Waals surface area (Å²) in [5.41, 5.74) is 4.38. The lowest BCUT2D eigenvalue weighted by atomic mass is 10.0. The largest absolute Gasteiger partial charge is 0.472 e. The van der Waals surface area contributed by atoms with Gasteiger partial charge in [0.2, 0.25) is 0 Å². The number of hydrogen-bond donors (Lipinski definition) is 4. The van der Waals surface area contributed by atoms with Crippen molar-refractivity contribution in [2.75, 3.05) is 45.8 Å². The number of quaternary nitrogens is 1. The van der Waals surface area contributed by atoms with Crippen LogP contribution in [0.3, 0.4) is 0 Å². The summed E-state index contributed by atoms with van der Waals surface area (Å²) in [5, 5.41) is 22.1. The van der Waals surface area contributed by atoms with Crippen LogP contribution in [0.15, 0.2) is 63.9 Å². The van der Waals surface area contributed by atoms with E-state index in [1.54, 1.807) is 12.3 Å². The normalized spacial score (nSPS) is 12.6. The quantitative estimate of drug-likeness (QED) is 0.00609. The molecule has 0 saturated carbocycles. The number of nitro groups is 1. The molecule has 0 radical (unpaired) electrons. The maximum Gasteiger partial charge on any atom is 0.472 e. The summed E-state index contributed by atoms with van der Waals surface area (Å²) in [6.45, 7) is 3.87. The number of anilines is 1. The van der Waals surface area contributed by atoms with E-state index in [4.69, 9.17) is 22.9 Å². The summed E-state index contributed by atoms with van der Waals surface area (Å²) in [7, 11) is -0.997. The monoisotopic (exact) mass is 1170 g/mol. The van der Waals surface area contributed by atoms with Gasteiger partial charge in [-0.1, -0.05) is 179 Å². The number of unbranched alkanes of at least 4 members (excludes halogenated alkanes) is 24. The van der Waals surface area contributed by atoms with Gasteiger partial charge in [0.05, 0.1) is 31.8 Å². The molecule has 2 atom stereocenters. The van der Waals surface area contributed by atoms with E-state index < -0.39 is 55.0 Å². The molecule has 0 aliphatic rings. The van der Waals surface area contributed by atoms with Crippen molar-refractivity contribution in [3.05, 3.63) is 86.5 Å². The number of hydrogen-bond acceptors (Lipinski definition) is 15. The van der Waals surface area contributed by atoms with Gasteiger partial charge in [-0.05, 0) is 43.2 Å². The molecule has 22 nitrogen and oxygen atoms in total. The average Bonchev–Trinajstić information content (AvgIpc) is 3.99. The Kier molecular flexibility index (Phi) is 32.3. The number of non-ortho nitro benzene ring substituents is 1. The number of nitro benzene ring substituents is 1. The van der Waals surface area contributed by atoms with Crippen LogP contribution in [0, 0.1) is 10.1 Å². The van der Waals surface area contributed by atoms with Gasteiger partial charge in [-0.15, -0.1) is 5.10 Å². The molecule has 2 aromatic heterocycles. The lowest BCUT2D eigenvalue weighted by Crippen LogP contribution is -2.43. The van der Waals surface area contributed by atoms with Crippen molar-refractivity contribution in [1.82, 2.24) is 25.8 Å². The third-order valence-corrected chi connectivity index (χ3v) is 15.0. The van der Waals surface area contributed by atoms with Crippen LogP contribution in [0.2, 0.25) is 0 Å². The lowest BCUT2D eigenvalue weighted by Gasteiger charge is -2.28. The number of rotatable bonds is 44. The zero-order chi connectivity index (χ0) is 59.4. The van der Waals surface area contributed by atoms with Crippen LogP contribution in [0.5, 0.6) is 0 Å². The van der Waals surface area contributed by atoms with Crippen LogP contribution in [0.1, 0.15) is 210 Å². The smallest absolute Gasteiger partial charge is 0.462 e. The fourth-order valence-corrected chi connectivity index (χ4v) is 9.97. The number of carbonyl (C=O) groups excluding carboxylic acids is 4. The van der Waals surface area contributed by atoms with Crippen LogP contribution in [0.25, 0.3) is 16.7 Å². The van der Waals surface area contributed by atoms with Crippen LogP contribution in [-0.2, 0) is 39.2 Å². The first-order chi connectivity index (χ1) is 39.5. The van der Waals surface area contributed by atoms with Gasteiger partial charge < -0.3 is 28.6 Å². The molecule has 3 amide bonds. The number of phosphoric ester groups is 1. The number of amides is 3. The minimum absolute atomic E-state index is 0.0354. The van der Waals surface area contributed by atoms with Crippen molar-refractivity contribution >= 4 is 54.0 Å². The first-order valence-electron chi connectivity index (χ1n) is 29.9. The molecule has 2 heterocycles. The second-order valence-electron chi connectivity index (χ2n) is 21.9. The second kappa shape index (κ2) is 38.7. The number of benzene rings is 2. The zero-order valence-corrected chi connectivity index (χ0v) is 49.9. The lowest BCUT2D eigenvalue weighted by molar-refractivity contribution is -0.904. The highest BCUT2D eigenvalue weighted by Crippen LogP contribution is 2.43. The number of esters is 2. The Morgan fingerprint density at radius 3 is 1.80 bits per heavy atom. The molecule has 0 fully saturated rings. The van der Waals surface area contributed by atoms with Gasteiger partial charge in [-0.25, -0.2) is 24.3 Å². The van der Waals surface area contributed by atoms with Crippen LogP contribution >= 0.6 is 7.82 Å². The van der Waals surface area contributed by atoms with Crippen LogP contribution < -0.4 is 21.8 Å². The highest BCUT2D eigenvalue weighted by molar-refractivity contribution is 7.47. The summed E-state index contributed by atoms with van der Waals surface area (Å²) in [6, 6.07) is 10.1. The van der Waals surface area contributed by atoms with Crippen molar-refractivity contribution in [2.24, 2.45) is 0 Å². The molecular weight excluding hydrogens is 1080 g/mol. The number of nitrogens with one attached hydrogen (secondary N) is 3. The highest BCUT2D eigenvalue weighted by Gasteiger charge is 2.28. The number of fused-ring (bicyclic) bond motifs is 1. The molecule has 2 unspecified atom stereocenters. The molecule has 0 spiro atoms. The minimum atomic E-state index is -4.67. The average molecular weight is 1170 g/mol. The van der Waals surface area contributed by atoms with Crippen LogP contribution in [0.4, 0.5) is 16.2 Å². The molecule has 0 bridgehead atoms. The first-order valence-corrected chi connectivity index (χ1v) is 31.4. The molecule has 82 heavy (non-hydrogen) atoms. The van der Waals surface area contributed by atoms with E-state index in [1.165, 1.54) is 163 Å². The van der Waals surface area contributed by atoms with E-state index in [1.807, 2.05) is 14.1 Å².